The van der Waals surface area contributed by atoms with E-state index in [0.29, 0.717) is 18.0 Å². The molecule has 1 heterocycles. The number of rotatable bonds is 5. The van der Waals surface area contributed by atoms with Gasteiger partial charge in [-0.05, 0) is 29.7 Å². The third kappa shape index (κ3) is 3.86. The van der Waals surface area contributed by atoms with Gasteiger partial charge in [0.1, 0.15) is 0 Å². The number of hydrogen-bond acceptors (Lipinski definition) is 3. The van der Waals surface area contributed by atoms with Crippen molar-refractivity contribution in [2.45, 2.75) is 18.6 Å². The standard InChI is InChI=1S/C18H17ClN2O3/c19-14-8-6-12(7-9-14)10-11-20-17(22)15-16(24-18(23)21-15)13-4-2-1-3-5-13/h1-9,15-16H,10-11H2,(H,20,22)(H,21,23). The molecule has 2 atom stereocenters. The minimum Gasteiger partial charge on any atom is -0.439 e. The molecule has 0 saturated carbocycles. The van der Waals surface area contributed by atoms with Crippen molar-refractivity contribution in [3.05, 3.63) is 70.7 Å². The predicted molar refractivity (Wildman–Crippen MR) is 90.8 cm³/mol. The van der Waals surface area contributed by atoms with E-state index in [1.165, 1.54) is 0 Å². The van der Waals surface area contributed by atoms with E-state index in [0.717, 1.165) is 11.1 Å². The van der Waals surface area contributed by atoms with Crippen LogP contribution in [-0.4, -0.2) is 24.6 Å². The van der Waals surface area contributed by atoms with Crippen LogP contribution in [0.25, 0.3) is 0 Å². The van der Waals surface area contributed by atoms with Crippen molar-refractivity contribution in [1.29, 1.82) is 0 Å². The average molecular weight is 345 g/mol. The Labute approximate surface area is 145 Å². The SMILES string of the molecule is O=C1NC(C(=O)NCCc2ccc(Cl)cc2)C(c2ccccc2)O1. The molecule has 5 nitrogen and oxygen atoms in total. The smallest absolute Gasteiger partial charge is 0.408 e. The lowest BCUT2D eigenvalue weighted by atomic mass is 10.0. The van der Waals surface area contributed by atoms with Crippen LogP contribution in [0.4, 0.5) is 4.79 Å². The predicted octanol–water partition coefficient (Wildman–Crippen LogP) is 2.85. The zero-order valence-electron chi connectivity index (χ0n) is 12.9. The molecule has 2 amide bonds. The van der Waals surface area contributed by atoms with Crippen molar-refractivity contribution in [2.75, 3.05) is 6.54 Å². The maximum Gasteiger partial charge on any atom is 0.408 e. The third-order valence-electron chi connectivity index (χ3n) is 3.85. The summed E-state index contributed by atoms with van der Waals surface area (Å²) in [6.45, 7) is 0.467. The van der Waals surface area contributed by atoms with Crippen LogP contribution in [0.1, 0.15) is 17.2 Å². The number of nitrogens with one attached hydrogen (secondary N) is 2. The van der Waals surface area contributed by atoms with E-state index in [1.807, 2.05) is 54.6 Å². The molecular formula is C18H17ClN2O3. The summed E-state index contributed by atoms with van der Waals surface area (Å²) in [5.41, 5.74) is 1.86. The van der Waals surface area contributed by atoms with E-state index >= 15 is 0 Å². The van der Waals surface area contributed by atoms with Crippen molar-refractivity contribution in [3.8, 4) is 0 Å². The summed E-state index contributed by atoms with van der Waals surface area (Å²) in [4.78, 5) is 23.9. The van der Waals surface area contributed by atoms with Gasteiger partial charge in [-0.15, -0.1) is 0 Å². The first kappa shape index (κ1) is 16.3. The Morgan fingerprint density at radius 1 is 1.12 bits per heavy atom. The number of halogens is 1. The molecule has 1 aliphatic heterocycles. The minimum absolute atomic E-state index is 0.260. The van der Waals surface area contributed by atoms with E-state index in [1.54, 1.807) is 0 Å². The maximum atomic E-state index is 12.4. The van der Waals surface area contributed by atoms with Gasteiger partial charge in [0.05, 0.1) is 0 Å². The normalized spacial score (nSPS) is 19.5. The van der Waals surface area contributed by atoms with Gasteiger partial charge >= 0.3 is 6.09 Å². The molecule has 0 aliphatic carbocycles. The number of ether oxygens (including phenoxy) is 1. The molecule has 6 heteroatoms. The van der Waals surface area contributed by atoms with Crippen molar-refractivity contribution in [1.82, 2.24) is 10.6 Å². The first-order valence-corrected chi connectivity index (χ1v) is 8.05. The largest absolute Gasteiger partial charge is 0.439 e. The Balaban J connectivity index is 1.59. The van der Waals surface area contributed by atoms with Crippen LogP contribution in [0.2, 0.25) is 5.02 Å². The van der Waals surface area contributed by atoms with Gasteiger partial charge in [0.2, 0.25) is 5.91 Å². The monoisotopic (exact) mass is 344 g/mol. The molecule has 2 N–H and O–H groups in total. The summed E-state index contributed by atoms with van der Waals surface area (Å²) in [7, 11) is 0. The lowest BCUT2D eigenvalue weighted by molar-refractivity contribution is -0.124. The first-order valence-electron chi connectivity index (χ1n) is 7.68. The van der Waals surface area contributed by atoms with Crippen molar-refractivity contribution in [3.63, 3.8) is 0 Å². The third-order valence-corrected chi connectivity index (χ3v) is 4.10. The molecule has 2 aromatic carbocycles. The van der Waals surface area contributed by atoms with Gasteiger partial charge in [-0.25, -0.2) is 4.79 Å². The summed E-state index contributed by atoms with van der Waals surface area (Å²) in [6.07, 6.45) is -0.517. The number of benzene rings is 2. The molecule has 0 radical (unpaired) electrons. The molecule has 0 bridgehead atoms. The van der Waals surface area contributed by atoms with Crippen LogP contribution < -0.4 is 10.6 Å². The highest BCUT2D eigenvalue weighted by atomic mass is 35.5. The molecular weight excluding hydrogens is 328 g/mol. The number of amides is 2. The number of carbonyl (C=O) groups is 2. The van der Waals surface area contributed by atoms with Gasteiger partial charge in [-0.2, -0.15) is 0 Å². The molecule has 2 aromatic rings. The molecule has 1 fully saturated rings. The summed E-state index contributed by atoms with van der Waals surface area (Å²) in [6, 6.07) is 16.0. The lowest BCUT2D eigenvalue weighted by Crippen LogP contribution is -2.44. The maximum absolute atomic E-state index is 12.4. The quantitative estimate of drug-likeness (QED) is 0.876. The lowest BCUT2D eigenvalue weighted by Gasteiger charge is -2.17. The van der Waals surface area contributed by atoms with E-state index < -0.39 is 18.2 Å². The highest BCUT2D eigenvalue weighted by Gasteiger charge is 2.39. The number of hydrogen-bond donors (Lipinski definition) is 2. The highest BCUT2D eigenvalue weighted by molar-refractivity contribution is 6.30. The number of cyclic esters (lactones) is 1. The highest BCUT2D eigenvalue weighted by Crippen LogP contribution is 2.26. The summed E-state index contributed by atoms with van der Waals surface area (Å²) in [5.74, 6) is -0.260. The van der Waals surface area contributed by atoms with Crippen molar-refractivity contribution >= 4 is 23.6 Å². The van der Waals surface area contributed by atoms with Crippen molar-refractivity contribution in [2.24, 2.45) is 0 Å². The minimum atomic E-state index is -0.731. The fraction of sp³-hybridized carbons (Fsp3) is 0.222. The fourth-order valence-corrected chi connectivity index (χ4v) is 2.74. The topological polar surface area (TPSA) is 67.4 Å². The Morgan fingerprint density at radius 3 is 2.54 bits per heavy atom. The van der Waals surface area contributed by atoms with Gasteiger partial charge in [0.25, 0.3) is 0 Å². The second-order valence-electron chi connectivity index (χ2n) is 5.53. The Bertz CT molecular complexity index is 719. The van der Waals surface area contributed by atoms with Crippen LogP contribution in [0.5, 0.6) is 0 Å². The van der Waals surface area contributed by atoms with Gasteiger partial charge in [0.15, 0.2) is 12.1 Å². The van der Waals surface area contributed by atoms with E-state index in [-0.39, 0.29) is 5.91 Å². The zero-order valence-corrected chi connectivity index (χ0v) is 13.6. The molecule has 0 spiro atoms. The molecule has 2 unspecified atom stereocenters. The van der Waals surface area contributed by atoms with Crippen LogP contribution in [0.3, 0.4) is 0 Å². The first-order chi connectivity index (χ1) is 11.6. The Kier molecular flexibility index (Phi) is 5.01. The van der Waals surface area contributed by atoms with Crippen LogP contribution >= 0.6 is 11.6 Å². The van der Waals surface area contributed by atoms with Gasteiger partial charge < -0.3 is 15.4 Å². The van der Waals surface area contributed by atoms with E-state index in [9.17, 15) is 9.59 Å². The van der Waals surface area contributed by atoms with Crippen molar-refractivity contribution < 1.29 is 14.3 Å². The van der Waals surface area contributed by atoms with E-state index in [2.05, 4.69) is 10.6 Å². The average Bonchev–Trinajstić information content (AvgIpc) is 2.99. The summed E-state index contributed by atoms with van der Waals surface area (Å²) < 4.78 is 5.23. The molecule has 1 aliphatic rings. The Morgan fingerprint density at radius 2 is 1.83 bits per heavy atom. The van der Waals surface area contributed by atoms with Crippen LogP contribution in [0, 0.1) is 0 Å². The fourth-order valence-electron chi connectivity index (χ4n) is 2.62. The van der Waals surface area contributed by atoms with E-state index in [4.69, 9.17) is 16.3 Å². The molecule has 1 saturated heterocycles. The second kappa shape index (κ2) is 7.36. The van der Waals surface area contributed by atoms with Gasteiger partial charge in [-0.3, -0.25) is 4.79 Å². The molecule has 24 heavy (non-hydrogen) atoms. The second-order valence-corrected chi connectivity index (χ2v) is 5.96. The van der Waals surface area contributed by atoms with Gasteiger partial charge in [-0.1, -0.05) is 54.1 Å². The Hall–Kier alpha value is -2.53. The van der Waals surface area contributed by atoms with Crippen LogP contribution in [-0.2, 0) is 16.0 Å². The number of alkyl carbamates (subject to hydrolysis) is 1. The van der Waals surface area contributed by atoms with Gasteiger partial charge in [0, 0.05) is 11.6 Å². The molecule has 124 valence electrons. The number of carbonyl (C=O) groups excluding carboxylic acids is 2. The summed E-state index contributed by atoms with van der Waals surface area (Å²) in [5, 5.41) is 6.09. The van der Waals surface area contributed by atoms with Crippen LogP contribution in [0.15, 0.2) is 54.6 Å². The molecule has 0 aromatic heterocycles. The summed E-state index contributed by atoms with van der Waals surface area (Å²) >= 11 is 5.85. The molecule has 3 rings (SSSR count). The zero-order chi connectivity index (χ0) is 16.9.